The minimum Gasteiger partial charge on any atom is -0.333 e. The zero-order chi connectivity index (χ0) is 13.1. The molecule has 1 unspecified atom stereocenters. The van der Waals surface area contributed by atoms with Gasteiger partial charge in [0.05, 0.1) is 6.04 Å². The van der Waals surface area contributed by atoms with Gasteiger partial charge < -0.3 is 4.90 Å². The van der Waals surface area contributed by atoms with Gasteiger partial charge in [-0.3, -0.25) is 4.79 Å². The van der Waals surface area contributed by atoms with Crippen molar-refractivity contribution in [2.24, 2.45) is 0 Å². The Bertz CT molecular complexity index is 527. The summed E-state index contributed by atoms with van der Waals surface area (Å²) in [5.41, 5.74) is 0.297. The second-order valence-electron chi connectivity index (χ2n) is 3.85. The van der Waals surface area contributed by atoms with E-state index in [2.05, 4.69) is 10.2 Å². The summed E-state index contributed by atoms with van der Waals surface area (Å²) in [5, 5.41) is 9.74. The summed E-state index contributed by atoms with van der Waals surface area (Å²) in [6.45, 7) is 1.98. The minimum absolute atomic E-state index is 0.00924. The molecule has 0 aliphatic heterocycles. The van der Waals surface area contributed by atoms with Gasteiger partial charge in [-0.15, -0.1) is 21.5 Å². The average molecular weight is 282 g/mol. The second kappa shape index (κ2) is 5.46. The number of aromatic nitrogens is 2. The third-order valence-electron chi connectivity index (χ3n) is 2.71. The lowest BCUT2D eigenvalue weighted by Crippen LogP contribution is -2.30. The number of thiophene rings is 1. The van der Waals surface area contributed by atoms with Crippen LogP contribution in [0.5, 0.6) is 0 Å². The fourth-order valence-corrected chi connectivity index (χ4v) is 2.43. The Balaban J connectivity index is 2.16. The summed E-state index contributed by atoms with van der Waals surface area (Å²) in [7, 11) is 1.75. The van der Waals surface area contributed by atoms with Crippen LogP contribution in [0.3, 0.4) is 0 Å². The zero-order valence-electron chi connectivity index (χ0n) is 10.0. The van der Waals surface area contributed by atoms with E-state index in [9.17, 15) is 4.79 Å². The molecule has 6 heteroatoms. The molecular formula is C12H12ClN3OS. The van der Waals surface area contributed by atoms with Crippen molar-refractivity contribution in [2.75, 3.05) is 7.05 Å². The summed E-state index contributed by atoms with van der Waals surface area (Å²) in [4.78, 5) is 15.0. The van der Waals surface area contributed by atoms with Gasteiger partial charge in [0.25, 0.3) is 5.91 Å². The lowest BCUT2D eigenvalue weighted by atomic mass is 10.2. The Hall–Kier alpha value is -1.46. The molecule has 2 aromatic heterocycles. The van der Waals surface area contributed by atoms with E-state index in [0.717, 1.165) is 4.88 Å². The molecule has 0 saturated heterocycles. The first-order valence-corrected chi connectivity index (χ1v) is 6.65. The van der Waals surface area contributed by atoms with Crippen LogP contribution in [-0.2, 0) is 0 Å². The lowest BCUT2D eigenvalue weighted by molar-refractivity contribution is 0.0738. The predicted molar refractivity (Wildman–Crippen MR) is 71.9 cm³/mol. The van der Waals surface area contributed by atoms with E-state index in [1.807, 2.05) is 24.4 Å². The standard InChI is InChI=1S/C12H12ClN3OS/c1-8(10-4-3-7-18-10)16(2)12(17)9-5-6-11(13)15-14-9/h3-8H,1-2H3. The molecule has 0 fully saturated rings. The number of rotatable bonds is 3. The van der Waals surface area contributed by atoms with Crippen LogP contribution in [0.25, 0.3) is 0 Å². The molecule has 18 heavy (non-hydrogen) atoms. The Morgan fingerprint density at radius 3 is 2.72 bits per heavy atom. The van der Waals surface area contributed by atoms with Crippen molar-refractivity contribution in [3.8, 4) is 0 Å². The number of nitrogens with zero attached hydrogens (tertiary/aromatic N) is 3. The number of carbonyl (C=O) groups is 1. The van der Waals surface area contributed by atoms with E-state index in [-0.39, 0.29) is 17.1 Å². The number of carbonyl (C=O) groups excluding carboxylic acids is 1. The van der Waals surface area contributed by atoms with Crippen LogP contribution in [-0.4, -0.2) is 28.1 Å². The fourth-order valence-electron chi connectivity index (χ4n) is 1.51. The van der Waals surface area contributed by atoms with Crippen molar-refractivity contribution >= 4 is 28.8 Å². The van der Waals surface area contributed by atoms with Crippen molar-refractivity contribution < 1.29 is 4.79 Å². The quantitative estimate of drug-likeness (QED) is 0.869. The fraction of sp³-hybridized carbons (Fsp3) is 0.250. The minimum atomic E-state index is -0.167. The first-order valence-electron chi connectivity index (χ1n) is 5.39. The van der Waals surface area contributed by atoms with Gasteiger partial charge in [0.2, 0.25) is 0 Å². The maximum Gasteiger partial charge on any atom is 0.274 e. The predicted octanol–water partition coefficient (Wildman–Crippen LogP) is 3.02. The molecule has 0 radical (unpaired) electrons. The Morgan fingerprint density at radius 2 is 2.17 bits per heavy atom. The van der Waals surface area contributed by atoms with Gasteiger partial charge in [0, 0.05) is 11.9 Å². The molecule has 0 bridgehead atoms. The van der Waals surface area contributed by atoms with E-state index < -0.39 is 0 Å². The van der Waals surface area contributed by atoms with Crippen molar-refractivity contribution in [3.05, 3.63) is 45.4 Å². The van der Waals surface area contributed by atoms with Gasteiger partial charge in [-0.1, -0.05) is 17.7 Å². The number of hydrogen-bond donors (Lipinski definition) is 0. The van der Waals surface area contributed by atoms with E-state index in [0.29, 0.717) is 5.69 Å². The van der Waals surface area contributed by atoms with Gasteiger partial charge >= 0.3 is 0 Å². The van der Waals surface area contributed by atoms with Crippen molar-refractivity contribution in [1.82, 2.24) is 15.1 Å². The molecule has 2 aromatic rings. The van der Waals surface area contributed by atoms with Gasteiger partial charge in [-0.05, 0) is 30.5 Å². The molecule has 0 saturated carbocycles. The SMILES string of the molecule is CC(c1cccs1)N(C)C(=O)c1ccc(Cl)nn1. The third kappa shape index (κ3) is 2.68. The molecular weight excluding hydrogens is 270 g/mol. The summed E-state index contributed by atoms with van der Waals surface area (Å²) in [6.07, 6.45) is 0. The third-order valence-corrected chi connectivity index (χ3v) is 3.95. The first-order chi connectivity index (χ1) is 8.59. The highest BCUT2D eigenvalue weighted by atomic mass is 35.5. The van der Waals surface area contributed by atoms with Crippen LogP contribution in [0.4, 0.5) is 0 Å². The van der Waals surface area contributed by atoms with E-state index in [1.54, 1.807) is 35.4 Å². The van der Waals surface area contributed by atoms with Crippen LogP contribution in [0.1, 0.15) is 28.3 Å². The van der Waals surface area contributed by atoms with E-state index in [1.165, 1.54) is 0 Å². The van der Waals surface area contributed by atoms with Crippen LogP contribution in [0, 0.1) is 0 Å². The lowest BCUT2D eigenvalue weighted by Gasteiger charge is -2.23. The maximum atomic E-state index is 12.2. The molecule has 1 amide bonds. The molecule has 94 valence electrons. The van der Waals surface area contributed by atoms with Crippen molar-refractivity contribution in [2.45, 2.75) is 13.0 Å². The Labute approximate surface area is 114 Å². The van der Waals surface area contributed by atoms with Crippen LogP contribution in [0.2, 0.25) is 5.15 Å². The van der Waals surface area contributed by atoms with Crippen LogP contribution < -0.4 is 0 Å². The Kier molecular flexibility index (Phi) is 3.93. The summed E-state index contributed by atoms with van der Waals surface area (Å²) < 4.78 is 0. The average Bonchev–Trinajstić information content (AvgIpc) is 2.91. The van der Waals surface area contributed by atoms with Crippen LogP contribution >= 0.6 is 22.9 Å². The second-order valence-corrected chi connectivity index (χ2v) is 5.22. The summed E-state index contributed by atoms with van der Waals surface area (Å²) in [5.74, 6) is -0.167. The molecule has 4 nitrogen and oxygen atoms in total. The van der Waals surface area contributed by atoms with E-state index >= 15 is 0 Å². The van der Waals surface area contributed by atoms with Crippen molar-refractivity contribution in [3.63, 3.8) is 0 Å². The zero-order valence-corrected chi connectivity index (χ0v) is 11.6. The largest absolute Gasteiger partial charge is 0.333 e. The highest BCUT2D eigenvalue weighted by Crippen LogP contribution is 2.24. The monoisotopic (exact) mass is 281 g/mol. The van der Waals surface area contributed by atoms with E-state index in [4.69, 9.17) is 11.6 Å². The van der Waals surface area contributed by atoms with Crippen LogP contribution in [0.15, 0.2) is 29.6 Å². The molecule has 1 atom stereocenters. The highest BCUT2D eigenvalue weighted by molar-refractivity contribution is 7.10. The summed E-state index contributed by atoms with van der Waals surface area (Å²) in [6, 6.07) is 7.12. The number of amides is 1. The number of hydrogen-bond acceptors (Lipinski definition) is 4. The Morgan fingerprint density at radius 1 is 1.39 bits per heavy atom. The molecule has 0 aromatic carbocycles. The first kappa shape index (κ1) is 13.0. The number of halogens is 1. The molecule has 0 aliphatic rings. The highest BCUT2D eigenvalue weighted by Gasteiger charge is 2.20. The maximum absolute atomic E-state index is 12.2. The molecule has 0 spiro atoms. The smallest absolute Gasteiger partial charge is 0.274 e. The summed E-state index contributed by atoms with van der Waals surface area (Å²) >= 11 is 7.27. The molecule has 0 N–H and O–H groups in total. The molecule has 2 heterocycles. The molecule has 0 aliphatic carbocycles. The van der Waals surface area contributed by atoms with Crippen molar-refractivity contribution in [1.29, 1.82) is 0 Å². The molecule has 2 rings (SSSR count). The van der Waals surface area contributed by atoms with Gasteiger partial charge in [0.15, 0.2) is 10.8 Å². The van der Waals surface area contributed by atoms with Gasteiger partial charge in [-0.2, -0.15) is 0 Å². The van der Waals surface area contributed by atoms with Gasteiger partial charge in [-0.25, -0.2) is 0 Å². The topological polar surface area (TPSA) is 46.1 Å². The van der Waals surface area contributed by atoms with Gasteiger partial charge in [0.1, 0.15) is 0 Å². The normalized spacial score (nSPS) is 12.2.